The van der Waals surface area contributed by atoms with Crippen molar-refractivity contribution in [3.63, 3.8) is 0 Å². The summed E-state index contributed by atoms with van der Waals surface area (Å²) in [6.07, 6.45) is 12.8. The molecule has 0 heterocycles. The smallest absolute Gasteiger partial charge is 0.0238 e. The van der Waals surface area contributed by atoms with Crippen LogP contribution in [0.25, 0.3) is 0 Å². The molecule has 5 aliphatic rings. The van der Waals surface area contributed by atoms with Gasteiger partial charge in [0.2, 0.25) is 0 Å². The van der Waals surface area contributed by atoms with Crippen LogP contribution in [0.3, 0.4) is 0 Å². The summed E-state index contributed by atoms with van der Waals surface area (Å²) in [6, 6.07) is 0. The summed E-state index contributed by atoms with van der Waals surface area (Å²) in [4.78, 5) is 0. The molecule has 0 aromatic heterocycles. The Morgan fingerprint density at radius 3 is 2.46 bits per heavy atom. The van der Waals surface area contributed by atoms with Gasteiger partial charge in [0.15, 0.2) is 0 Å². The maximum atomic E-state index is 1.64. The van der Waals surface area contributed by atoms with Gasteiger partial charge in [0.25, 0.3) is 0 Å². The molecule has 5 fully saturated rings. The van der Waals surface area contributed by atoms with E-state index in [2.05, 4.69) is 0 Å². The summed E-state index contributed by atoms with van der Waals surface area (Å²) >= 11 is 0. The maximum Gasteiger partial charge on any atom is -0.0238 e. The topological polar surface area (TPSA) is 0 Å². The van der Waals surface area contributed by atoms with Crippen LogP contribution in [0, 0.1) is 29.1 Å². The Labute approximate surface area is 81.1 Å². The molecule has 0 N–H and O–H groups in total. The van der Waals surface area contributed by atoms with Gasteiger partial charge in [-0.05, 0) is 67.6 Å². The highest BCUT2D eigenvalue weighted by atomic mass is 14.7. The number of rotatable bonds is 0. The van der Waals surface area contributed by atoms with E-state index in [1.165, 1.54) is 23.7 Å². The highest BCUT2D eigenvalue weighted by molar-refractivity contribution is 5.14. The normalized spacial score (nSPS) is 55.4. The van der Waals surface area contributed by atoms with Crippen molar-refractivity contribution in [1.82, 2.24) is 0 Å². The maximum absolute atomic E-state index is 1.64. The third-order valence-corrected chi connectivity index (χ3v) is 5.98. The lowest BCUT2D eigenvalue weighted by Crippen LogP contribution is -2.51. The molecule has 0 amide bonds. The highest BCUT2D eigenvalue weighted by Gasteiger charge is 2.65. The van der Waals surface area contributed by atoms with Gasteiger partial charge < -0.3 is 0 Å². The molecule has 2 unspecified atom stereocenters. The van der Waals surface area contributed by atoms with Gasteiger partial charge in [0.1, 0.15) is 0 Å². The number of hydrogen-bond acceptors (Lipinski definition) is 0. The van der Waals surface area contributed by atoms with E-state index in [0.717, 1.165) is 5.41 Å². The zero-order valence-corrected chi connectivity index (χ0v) is 8.47. The van der Waals surface area contributed by atoms with Crippen LogP contribution in [0.1, 0.15) is 51.4 Å². The van der Waals surface area contributed by atoms with Crippen LogP contribution in [0.15, 0.2) is 0 Å². The quantitative estimate of drug-likeness (QED) is 0.529. The van der Waals surface area contributed by atoms with Gasteiger partial charge in [0, 0.05) is 0 Å². The highest BCUT2D eigenvalue weighted by Crippen LogP contribution is 2.74. The molecule has 0 aromatic carbocycles. The predicted molar refractivity (Wildman–Crippen MR) is 53.3 cm³/mol. The van der Waals surface area contributed by atoms with Crippen molar-refractivity contribution in [2.45, 2.75) is 51.4 Å². The fourth-order valence-electron chi connectivity index (χ4n) is 5.14. The fraction of sp³-hybridized carbons (Fsp3) is 1.00. The molecular formula is C13H20. The number of hydrogen-bond donors (Lipinski definition) is 0. The SMILES string of the molecule is C1CCC2C(C1)C1CC(C1)C21CC1. The van der Waals surface area contributed by atoms with Crippen molar-refractivity contribution in [3.05, 3.63) is 0 Å². The van der Waals surface area contributed by atoms with E-state index in [4.69, 9.17) is 0 Å². The van der Waals surface area contributed by atoms with Crippen molar-refractivity contribution < 1.29 is 0 Å². The third kappa shape index (κ3) is 0.750. The van der Waals surface area contributed by atoms with Crippen LogP contribution in [-0.4, -0.2) is 0 Å². The molecule has 5 rings (SSSR count). The zero-order chi connectivity index (χ0) is 8.47. The molecule has 72 valence electrons. The molecule has 0 aromatic rings. The zero-order valence-electron chi connectivity index (χ0n) is 8.47. The molecule has 2 bridgehead atoms. The second-order valence-corrected chi connectivity index (χ2v) is 6.22. The summed E-state index contributed by atoms with van der Waals surface area (Å²) in [7, 11) is 0. The minimum absolute atomic E-state index is 0.944. The van der Waals surface area contributed by atoms with Crippen LogP contribution in [0.2, 0.25) is 0 Å². The Balaban J connectivity index is 1.71. The van der Waals surface area contributed by atoms with Crippen molar-refractivity contribution in [1.29, 1.82) is 0 Å². The summed E-state index contributed by atoms with van der Waals surface area (Å²) < 4.78 is 0. The minimum atomic E-state index is 0.944. The lowest BCUT2D eigenvalue weighted by molar-refractivity contribution is -0.0949. The summed E-state index contributed by atoms with van der Waals surface area (Å²) in [6.45, 7) is 0. The largest absolute Gasteiger partial charge is 0.0530 e. The van der Waals surface area contributed by atoms with E-state index in [1.807, 2.05) is 0 Å². The molecule has 0 radical (unpaired) electrons. The molecular weight excluding hydrogens is 156 g/mol. The third-order valence-electron chi connectivity index (χ3n) is 5.98. The molecule has 5 saturated carbocycles. The lowest BCUT2D eigenvalue weighted by Gasteiger charge is -2.59. The first-order valence-electron chi connectivity index (χ1n) is 6.40. The van der Waals surface area contributed by atoms with Crippen molar-refractivity contribution in [2.75, 3.05) is 0 Å². The van der Waals surface area contributed by atoms with E-state index >= 15 is 0 Å². The molecule has 0 aliphatic heterocycles. The first-order valence-corrected chi connectivity index (χ1v) is 6.40. The fourth-order valence-corrected chi connectivity index (χ4v) is 5.14. The van der Waals surface area contributed by atoms with Crippen molar-refractivity contribution in [3.8, 4) is 0 Å². The van der Waals surface area contributed by atoms with Crippen LogP contribution in [0.4, 0.5) is 0 Å². The average molecular weight is 176 g/mol. The standard InChI is InChI=1S/C13H20/c1-2-4-12-11(3-1)9-7-10(8-9)13(12)5-6-13/h9-12H,1-8H2. The Kier molecular flexibility index (Phi) is 1.21. The van der Waals surface area contributed by atoms with Gasteiger partial charge in [-0.15, -0.1) is 0 Å². The first kappa shape index (κ1) is 7.31. The van der Waals surface area contributed by atoms with E-state index in [1.54, 1.807) is 51.4 Å². The van der Waals surface area contributed by atoms with Crippen LogP contribution < -0.4 is 0 Å². The van der Waals surface area contributed by atoms with Crippen LogP contribution in [-0.2, 0) is 0 Å². The Hall–Kier alpha value is 0. The first-order chi connectivity index (χ1) is 6.40. The van der Waals surface area contributed by atoms with Crippen LogP contribution >= 0.6 is 0 Å². The van der Waals surface area contributed by atoms with Gasteiger partial charge in [-0.1, -0.05) is 12.8 Å². The van der Waals surface area contributed by atoms with E-state index in [-0.39, 0.29) is 0 Å². The van der Waals surface area contributed by atoms with Crippen molar-refractivity contribution >= 4 is 0 Å². The van der Waals surface area contributed by atoms with Gasteiger partial charge in [-0.3, -0.25) is 0 Å². The second kappa shape index (κ2) is 2.15. The molecule has 13 heavy (non-hydrogen) atoms. The molecule has 1 spiro atoms. The van der Waals surface area contributed by atoms with E-state index in [9.17, 15) is 0 Å². The molecule has 2 atom stereocenters. The van der Waals surface area contributed by atoms with Gasteiger partial charge >= 0.3 is 0 Å². The Morgan fingerprint density at radius 1 is 0.923 bits per heavy atom. The summed E-state index contributed by atoms with van der Waals surface area (Å²) in [5.74, 6) is 4.80. The molecule has 5 aliphatic carbocycles. The van der Waals surface area contributed by atoms with Crippen LogP contribution in [0.5, 0.6) is 0 Å². The average Bonchev–Trinajstić information content (AvgIpc) is 2.84. The van der Waals surface area contributed by atoms with Gasteiger partial charge in [-0.2, -0.15) is 0 Å². The summed E-state index contributed by atoms with van der Waals surface area (Å²) in [5.41, 5.74) is 0.944. The van der Waals surface area contributed by atoms with E-state index < -0.39 is 0 Å². The van der Waals surface area contributed by atoms with E-state index in [0.29, 0.717) is 0 Å². The second-order valence-electron chi connectivity index (χ2n) is 6.22. The van der Waals surface area contributed by atoms with Gasteiger partial charge in [-0.25, -0.2) is 0 Å². The monoisotopic (exact) mass is 176 g/mol. The molecule has 0 heteroatoms. The minimum Gasteiger partial charge on any atom is -0.0530 e. The Bertz CT molecular complexity index is 232. The molecule has 0 nitrogen and oxygen atoms in total. The lowest BCUT2D eigenvalue weighted by atomic mass is 9.46. The Morgan fingerprint density at radius 2 is 1.69 bits per heavy atom. The summed E-state index contributed by atoms with van der Waals surface area (Å²) in [5, 5.41) is 0. The van der Waals surface area contributed by atoms with Gasteiger partial charge in [0.05, 0.1) is 0 Å². The predicted octanol–water partition coefficient (Wildman–Crippen LogP) is 3.61. The van der Waals surface area contributed by atoms with Crippen molar-refractivity contribution in [2.24, 2.45) is 29.1 Å². The molecule has 0 saturated heterocycles.